The molecule has 2 heterocycles. The van der Waals surface area contributed by atoms with Crippen molar-refractivity contribution in [2.45, 2.75) is 20.3 Å². The molecule has 0 bridgehead atoms. The van der Waals surface area contributed by atoms with Crippen LogP contribution in [0.3, 0.4) is 0 Å². The molecule has 94 valence electrons. The van der Waals surface area contributed by atoms with Gasteiger partial charge in [0, 0.05) is 18.7 Å². The summed E-state index contributed by atoms with van der Waals surface area (Å²) in [5.41, 5.74) is 5.54. The van der Waals surface area contributed by atoms with Crippen molar-refractivity contribution in [1.82, 2.24) is 9.88 Å². The molecule has 1 aliphatic heterocycles. The first-order valence-electron chi connectivity index (χ1n) is 6.39. The second kappa shape index (κ2) is 4.25. The van der Waals surface area contributed by atoms with E-state index in [0.717, 1.165) is 42.1 Å². The normalized spacial score (nSPS) is 17.2. The van der Waals surface area contributed by atoms with Crippen molar-refractivity contribution >= 4 is 16.7 Å². The maximum absolute atomic E-state index is 5.93. The predicted octanol–water partition coefficient (Wildman–Crippen LogP) is 3.16. The molecule has 0 radical (unpaired) electrons. The van der Waals surface area contributed by atoms with E-state index in [0.29, 0.717) is 0 Å². The summed E-state index contributed by atoms with van der Waals surface area (Å²) in [5, 5.41) is 0. The standard InChI is InChI=1S/C15H18N2O/c1-10-8-11(2)14-13(9-10)16-15(18-14)12-4-6-17(3)7-5-12/h4,8-9H,5-7H2,1-3H3. The van der Waals surface area contributed by atoms with Gasteiger partial charge in [0.1, 0.15) is 5.52 Å². The zero-order valence-corrected chi connectivity index (χ0v) is 11.2. The van der Waals surface area contributed by atoms with Crippen molar-refractivity contribution in [3.63, 3.8) is 0 Å². The van der Waals surface area contributed by atoms with Crippen molar-refractivity contribution in [2.24, 2.45) is 0 Å². The molecular weight excluding hydrogens is 224 g/mol. The van der Waals surface area contributed by atoms with E-state index in [1.54, 1.807) is 0 Å². The molecule has 3 nitrogen and oxygen atoms in total. The van der Waals surface area contributed by atoms with E-state index in [2.05, 4.69) is 49.0 Å². The summed E-state index contributed by atoms with van der Waals surface area (Å²) >= 11 is 0. The molecule has 0 spiro atoms. The van der Waals surface area contributed by atoms with Gasteiger partial charge in [0.05, 0.1) is 0 Å². The van der Waals surface area contributed by atoms with E-state index in [-0.39, 0.29) is 0 Å². The lowest BCUT2D eigenvalue weighted by molar-refractivity contribution is 0.367. The van der Waals surface area contributed by atoms with Gasteiger partial charge in [0.25, 0.3) is 0 Å². The average molecular weight is 242 g/mol. The number of benzene rings is 1. The van der Waals surface area contributed by atoms with E-state index < -0.39 is 0 Å². The van der Waals surface area contributed by atoms with E-state index in [9.17, 15) is 0 Å². The van der Waals surface area contributed by atoms with Crippen LogP contribution < -0.4 is 0 Å². The molecular formula is C15H18N2O. The third kappa shape index (κ3) is 1.95. The first-order valence-corrected chi connectivity index (χ1v) is 6.39. The van der Waals surface area contributed by atoms with Gasteiger partial charge in [-0.25, -0.2) is 4.98 Å². The molecule has 0 fully saturated rings. The second-order valence-electron chi connectivity index (χ2n) is 5.19. The highest BCUT2D eigenvalue weighted by atomic mass is 16.3. The topological polar surface area (TPSA) is 29.3 Å². The fraction of sp³-hybridized carbons (Fsp3) is 0.400. The lowest BCUT2D eigenvalue weighted by Crippen LogP contribution is -2.23. The van der Waals surface area contributed by atoms with E-state index in [1.807, 2.05) is 0 Å². The Morgan fingerprint density at radius 2 is 2.11 bits per heavy atom. The zero-order valence-electron chi connectivity index (χ0n) is 11.2. The van der Waals surface area contributed by atoms with E-state index in [1.165, 1.54) is 11.1 Å². The van der Waals surface area contributed by atoms with Gasteiger partial charge in [-0.2, -0.15) is 0 Å². The molecule has 1 aliphatic rings. The van der Waals surface area contributed by atoms with Gasteiger partial charge in [-0.05, 0) is 44.5 Å². The molecule has 2 aromatic rings. The molecule has 3 rings (SSSR count). The summed E-state index contributed by atoms with van der Waals surface area (Å²) in [6.07, 6.45) is 3.23. The lowest BCUT2D eigenvalue weighted by atomic mass is 10.1. The molecule has 0 N–H and O–H groups in total. The van der Waals surface area contributed by atoms with Crippen LogP contribution in [0, 0.1) is 13.8 Å². The number of aromatic nitrogens is 1. The smallest absolute Gasteiger partial charge is 0.223 e. The number of fused-ring (bicyclic) bond motifs is 1. The molecule has 0 atom stereocenters. The van der Waals surface area contributed by atoms with Gasteiger partial charge in [0.2, 0.25) is 5.89 Å². The van der Waals surface area contributed by atoms with Crippen molar-refractivity contribution in [3.05, 3.63) is 35.2 Å². The van der Waals surface area contributed by atoms with Crippen LogP contribution in [0.5, 0.6) is 0 Å². The van der Waals surface area contributed by atoms with Crippen LogP contribution in [-0.4, -0.2) is 30.0 Å². The molecule has 1 aromatic heterocycles. The highest BCUT2D eigenvalue weighted by molar-refractivity contribution is 5.79. The highest BCUT2D eigenvalue weighted by Gasteiger charge is 2.16. The largest absolute Gasteiger partial charge is 0.436 e. The zero-order chi connectivity index (χ0) is 12.7. The van der Waals surface area contributed by atoms with Gasteiger partial charge in [-0.15, -0.1) is 0 Å². The van der Waals surface area contributed by atoms with Crippen LogP contribution in [0.2, 0.25) is 0 Å². The molecule has 0 amide bonds. The number of likely N-dealkylation sites (N-methyl/N-ethyl adjacent to an activating group) is 1. The monoisotopic (exact) mass is 242 g/mol. The molecule has 18 heavy (non-hydrogen) atoms. The molecule has 0 aliphatic carbocycles. The Bertz CT molecular complexity index is 625. The minimum Gasteiger partial charge on any atom is -0.436 e. The summed E-state index contributed by atoms with van der Waals surface area (Å²) < 4.78 is 5.93. The third-order valence-electron chi connectivity index (χ3n) is 3.51. The van der Waals surface area contributed by atoms with Crippen molar-refractivity contribution in [2.75, 3.05) is 20.1 Å². The van der Waals surface area contributed by atoms with Crippen LogP contribution in [0.25, 0.3) is 16.7 Å². The number of oxazole rings is 1. The summed E-state index contributed by atoms with van der Waals surface area (Å²) in [7, 11) is 2.13. The predicted molar refractivity (Wildman–Crippen MR) is 73.6 cm³/mol. The SMILES string of the molecule is Cc1cc(C)c2oc(C3=CCN(C)CC3)nc2c1. The Morgan fingerprint density at radius 3 is 2.83 bits per heavy atom. The fourth-order valence-electron chi connectivity index (χ4n) is 2.48. The van der Waals surface area contributed by atoms with Gasteiger partial charge in [-0.1, -0.05) is 12.1 Å². The Balaban J connectivity index is 2.06. The summed E-state index contributed by atoms with van der Waals surface area (Å²) in [6.45, 7) is 6.22. The number of nitrogens with zero attached hydrogens (tertiary/aromatic N) is 2. The van der Waals surface area contributed by atoms with Crippen molar-refractivity contribution in [3.8, 4) is 0 Å². The average Bonchev–Trinajstić information content (AvgIpc) is 2.74. The van der Waals surface area contributed by atoms with Crippen LogP contribution in [0.4, 0.5) is 0 Å². The molecule has 0 saturated carbocycles. The number of hydrogen-bond acceptors (Lipinski definition) is 3. The van der Waals surface area contributed by atoms with Gasteiger partial charge >= 0.3 is 0 Å². The Hall–Kier alpha value is -1.61. The maximum atomic E-state index is 5.93. The van der Waals surface area contributed by atoms with E-state index >= 15 is 0 Å². The van der Waals surface area contributed by atoms with E-state index in [4.69, 9.17) is 4.42 Å². The summed E-state index contributed by atoms with van der Waals surface area (Å²) in [5.74, 6) is 0.798. The molecule has 0 unspecified atom stereocenters. The van der Waals surface area contributed by atoms with Crippen LogP contribution >= 0.6 is 0 Å². The fourth-order valence-corrected chi connectivity index (χ4v) is 2.48. The highest BCUT2D eigenvalue weighted by Crippen LogP contribution is 2.27. The third-order valence-corrected chi connectivity index (χ3v) is 3.51. The number of rotatable bonds is 1. The Morgan fingerprint density at radius 1 is 1.28 bits per heavy atom. The number of aryl methyl sites for hydroxylation is 2. The minimum absolute atomic E-state index is 0.798. The van der Waals surface area contributed by atoms with Gasteiger partial charge in [-0.3, -0.25) is 0 Å². The molecule has 3 heteroatoms. The minimum atomic E-state index is 0.798. The summed E-state index contributed by atoms with van der Waals surface area (Å²) in [6, 6.07) is 4.23. The van der Waals surface area contributed by atoms with Crippen LogP contribution in [-0.2, 0) is 0 Å². The van der Waals surface area contributed by atoms with Crippen molar-refractivity contribution < 1.29 is 4.42 Å². The Kier molecular flexibility index (Phi) is 2.71. The Labute approximate surface area is 107 Å². The van der Waals surface area contributed by atoms with Gasteiger partial charge < -0.3 is 9.32 Å². The molecule has 0 saturated heterocycles. The van der Waals surface area contributed by atoms with Crippen LogP contribution in [0.1, 0.15) is 23.4 Å². The first-order chi connectivity index (χ1) is 8.63. The number of hydrogen-bond donors (Lipinski definition) is 0. The maximum Gasteiger partial charge on any atom is 0.223 e. The first kappa shape index (κ1) is 11.5. The lowest BCUT2D eigenvalue weighted by Gasteiger charge is -2.20. The summed E-state index contributed by atoms with van der Waals surface area (Å²) in [4.78, 5) is 6.92. The van der Waals surface area contributed by atoms with Crippen LogP contribution in [0.15, 0.2) is 22.6 Å². The molecule has 1 aromatic carbocycles. The quantitative estimate of drug-likeness (QED) is 0.769. The van der Waals surface area contributed by atoms with Gasteiger partial charge in [0.15, 0.2) is 5.58 Å². The van der Waals surface area contributed by atoms with Crippen molar-refractivity contribution in [1.29, 1.82) is 0 Å². The second-order valence-corrected chi connectivity index (χ2v) is 5.19.